The quantitative estimate of drug-likeness (QED) is 0.766. The average Bonchev–Trinajstić information content (AvgIpc) is 2.28. The van der Waals surface area contributed by atoms with E-state index in [1.165, 1.54) is 0 Å². The zero-order valence-corrected chi connectivity index (χ0v) is 13.3. The molecule has 110 valence electrons. The highest BCUT2D eigenvalue weighted by atomic mass is 16.5. The van der Waals surface area contributed by atoms with Crippen LogP contribution in [0.5, 0.6) is 5.75 Å². The predicted molar refractivity (Wildman–Crippen MR) is 79.5 cm³/mol. The van der Waals surface area contributed by atoms with Gasteiger partial charge < -0.3 is 9.47 Å². The van der Waals surface area contributed by atoms with Gasteiger partial charge >= 0.3 is 5.97 Å². The molecule has 0 unspecified atom stereocenters. The van der Waals surface area contributed by atoms with Gasteiger partial charge in [0.15, 0.2) is 0 Å². The Labute approximate surface area is 121 Å². The van der Waals surface area contributed by atoms with Crippen LogP contribution in [0, 0.1) is 6.92 Å². The number of rotatable bonds is 2. The van der Waals surface area contributed by atoms with E-state index in [-0.39, 0.29) is 17.0 Å². The first-order valence-electron chi connectivity index (χ1n) is 7.17. The van der Waals surface area contributed by atoms with Gasteiger partial charge in [-0.1, -0.05) is 13.8 Å². The average molecular weight is 276 g/mol. The van der Waals surface area contributed by atoms with Gasteiger partial charge in [0.05, 0.1) is 12.2 Å². The molecule has 1 aliphatic rings. The second-order valence-corrected chi connectivity index (χ2v) is 6.81. The number of carbonyl (C=O) groups excluding carboxylic acids is 1. The van der Waals surface area contributed by atoms with E-state index >= 15 is 0 Å². The van der Waals surface area contributed by atoms with Crippen LogP contribution < -0.4 is 4.74 Å². The van der Waals surface area contributed by atoms with E-state index in [1.54, 1.807) is 0 Å². The van der Waals surface area contributed by atoms with Crippen molar-refractivity contribution in [3.8, 4) is 5.75 Å². The number of hydrogen-bond donors (Lipinski definition) is 0. The Morgan fingerprint density at radius 1 is 1.30 bits per heavy atom. The fourth-order valence-corrected chi connectivity index (χ4v) is 3.22. The maximum Gasteiger partial charge on any atom is 0.338 e. The van der Waals surface area contributed by atoms with Gasteiger partial charge in [-0.3, -0.25) is 0 Å². The highest BCUT2D eigenvalue weighted by Gasteiger charge is 2.40. The topological polar surface area (TPSA) is 35.5 Å². The maximum absolute atomic E-state index is 12.0. The van der Waals surface area contributed by atoms with Gasteiger partial charge in [-0.2, -0.15) is 0 Å². The van der Waals surface area contributed by atoms with Gasteiger partial charge in [0.25, 0.3) is 0 Å². The molecule has 0 saturated carbocycles. The molecular formula is C17H24O3. The van der Waals surface area contributed by atoms with Crippen LogP contribution in [-0.2, 0) is 10.2 Å². The molecule has 0 N–H and O–H groups in total. The number of aryl methyl sites for hydroxylation is 1. The lowest BCUT2D eigenvalue weighted by molar-refractivity contribution is 0.0505. The van der Waals surface area contributed by atoms with E-state index in [9.17, 15) is 4.79 Å². The number of fused-ring (bicyclic) bond motifs is 1. The molecule has 3 heteroatoms. The Bertz CT molecular complexity index is 541. The number of benzene rings is 1. The molecule has 1 aliphatic heterocycles. The minimum absolute atomic E-state index is 0.0235. The van der Waals surface area contributed by atoms with Gasteiger partial charge in [-0.25, -0.2) is 4.79 Å². The SMILES string of the molecule is CCOC(=O)c1cc(C)c2c(c1)C(C)(C)CC(C)(C)O2. The van der Waals surface area contributed by atoms with Crippen LogP contribution in [0.1, 0.15) is 62.5 Å². The third kappa shape index (κ3) is 2.67. The lowest BCUT2D eigenvalue weighted by Crippen LogP contribution is -2.41. The van der Waals surface area contributed by atoms with Crippen LogP contribution in [0.3, 0.4) is 0 Å². The Kier molecular flexibility index (Phi) is 3.57. The first-order chi connectivity index (χ1) is 9.16. The van der Waals surface area contributed by atoms with Crippen molar-refractivity contribution in [3.63, 3.8) is 0 Å². The molecule has 0 aliphatic carbocycles. The first-order valence-corrected chi connectivity index (χ1v) is 7.17. The highest BCUT2D eigenvalue weighted by Crippen LogP contribution is 2.46. The minimum atomic E-state index is -0.265. The van der Waals surface area contributed by atoms with E-state index in [0.717, 1.165) is 23.3 Å². The van der Waals surface area contributed by atoms with E-state index < -0.39 is 0 Å². The van der Waals surface area contributed by atoms with Crippen LogP contribution in [-0.4, -0.2) is 18.2 Å². The number of ether oxygens (including phenoxy) is 2. The summed E-state index contributed by atoms with van der Waals surface area (Å²) in [7, 11) is 0. The smallest absolute Gasteiger partial charge is 0.338 e. The van der Waals surface area contributed by atoms with Crippen LogP contribution in [0.4, 0.5) is 0 Å². The summed E-state index contributed by atoms with van der Waals surface area (Å²) in [6.07, 6.45) is 0.915. The van der Waals surface area contributed by atoms with E-state index in [4.69, 9.17) is 9.47 Å². The standard InChI is InChI=1S/C17H24O3/c1-7-19-15(18)12-8-11(2)14-13(9-12)16(3,4)10-17(5,6)20-14/h8-9H,7,10H2,1-6H3. The molecule has 0 fully saturated rings. The van der Waals surface area contributed by atoms with Gasteiger partial charge in [-0.15, -0.1) is 0 Å². The number of esters is 1. The van der Waals surface area contributed by atoms with Gasteiger partial charge in [0, 0.05) is 5.56 Å². The lowest BCUT2D eigenvalue weighted by atomic mass is 9.73. The highest BCUT2D eigenvalue weighted by molar-refractivity contribution is 5.90. The molecule has 3 nitrogen and oxygen atoms in total. The summed E-state index contributed by atoms with van der Waals surface area (Å²) < 4.78 is 11.2. The van der Waals surface area contributed by atoms with Crippen LogP contribution in [0.2, 0.25) is 0 Å². The van der Waals surface area contributed by atoms with E-state index in [1.807, 2.05) is 26.0 Å². The van der Waals surface area contributed by atoms with Crippen molar-refractivity contribution in [2.45, 2.75) is 59.0 Å². The van der Waals surface area contributed by atoms with Crippen molar-refractivity contribution >= 4 is 5.97 Å². The molecule has 0 radical (unpaired) electrons. The molecule has 0 bridgehead atoms. The maximum atomic E-state index is 12.0. The Morgan fingerprint density at radius 3 is 2.55 bits per heavy atom. The predicted octanol–water partition coefficient (Wildman–Crippen LogP) is 4.01. The summed E-state index contributed by atoms with van der Waals surface area (Å²) in [6, 6.07) is 3.78. The number of hydrogen-bond acceptors (Lipinski definition) is 3. The fraction of sp³-hybridized carbons (Fsp3) is 0.588. The molecule has 0 aromatic heterocycles. The van der Waals surface area contributed by atoms with Gasteiger partial charge in [-0.05, 0) is 57.2 Å². The Hall–Kier alpha value is -1.51. The fourth-order valence-electron chi connectivity index (χ4n) is 3.22. The van der Waals surface area contributed by atoms with Crippen molar-refractivity contribution in [2.24, 2.45) is 0 Å². The number of carbonyl (C=O) groups is 1. The molecule has 1 aromatic rings. The normalized spacial score (nSPS) is 18.9. The second kappa shape index (κ2) is 4.80. The molecule has 20 heavy (non-hydrogen) atoms. The van der Waals surface area contributed by atoms with Gasteiger partial charge in [0.1, 0.15) is 11.4 Å². The van der Waals surface area contributed by atoms with Crippen molar-refractivity contribution in [1.82, 2.24) is 0 Å². The molecule has 0 atom stereocenters. The largest absolute Gasteiger partial charge is 0.487 e. The van der Waals surface area contributed by atoms with Crippen LogP contribution in [0.25, 0.3) is 0 Å². The molecular weight excluding hydrogens is 252 g/mol. The summed E-state index contributed by atoms with van der Waals surface area (Å²) in [6.45, 7) is 12.8. The second-order valence-electron chi connectivity index (χ2n) is 6.81. The Morgan fingerprint density at radius 2 is 1.95 bits per heavy atom. The summed E-state index contributed by atoms with van der Waals surface area (Å²) >= 11 is 0. The molecule has 0 amide bonds. The van der Waals surface area contributed by atoms with Crippen molar-refractivity contribution in [3.05, 3.63) is 28.8 Å². The van der Waals surface area contributed by atoms with Crippen molar-refractivity contribution < 1.29 is 14.3 Å². The monoisotopic (exact) mass is 276 g/mol. The minimum Gasteiger partial charge on any atom is -0.487 e. The molecule has 1 heterocycles. The molecule has 0 saturated heterocycles. The van der Waals surface area contributed by atoms with E-state index in [2.05, 4.69) is 27.7 Å². The van der Waals surface area contributed by atoms with Crippen molar-refractivity contribution in [2.75, 3.05) is 6.61 Å². The molecule has 1 aromatic carbocycles. The summed E-state index contributed by atoms with van der Waals surface area (Å²) in [5, 5.41) is 0. The van der Waals surface area contributed by atoms with Crippen LogP contribution >= 0.6 is 0 Å². The summed E-state index contributed by atoms with van der Waals surface area (Å²) in [4.78, 5) is 12.0. The van der Waals surface area contributed by atoms with Crippen molar-refractivity contribution in [1.29, 1.82) is 0 Å². The summed E-state index contributed by atoms with van der Waals surface area (Å²) in [5.74, 6) is 0.651. The Balaban J connectivity index is 2.54. The molecule has 2 rings (SSSR count). The molecule has 0 spiro atoms. The zero-order valence-electron chi connectivity index (χ0n) is 13.3. The van der Waals surface area contributed by atoms with Gasteiger partial charge in [0.2, 0.25) is 0 Å². The third-order valence-electron chi connectivity index (χ3n) is 3.76. The third-order valence-corrected chi connectivity index (χ3v) is 3.76. The first kappa shape index (κ1) is 14.9. The lowest BCUT2D eigenvalue weighted by Gasteiger charge is -2.43. The summed E-state index contributed by atoms with van der Waals surface area (Å²) in [5.41, 5.74) is 2.49. The van der Waals surface area contributed by atoms with Crippen LogP contribution in [0.15, 0.2) is 12.1 Å². The van der Waals surface area contributed by atoms with E-state index in [0.29, 0.717) is 12.2 Å². The zero-order chi connectivity index (χ0) is 15.1.